The lowest BCUT2D eigenvalue weighted by atomic mass is 9.88. The van der Waals surface area contributed by atoms with Crippen molar-refractivity contribution < 1.29 is 23.9 Å². The molecule has 1 heterocycles. The largest absolute Gasteiger partial charge is 0.465 e. The lowest BCUT2D eigenvalue weighted by Crippen LogP contribution is -2.38. The molecule has 0 aliphatic carbocycles. The van der Waals surface area contributed by atoms with Gasteiger partial charge in [-0.2, -0.15) is 0 Å². The minimum absolute atomic E-state index is 0.138. The third-order valence-corrected chi connectivity index (χ3v) is 3.60. The van der Waals surface area contributed by atoms with Crippen LogP contribution in [0.25, 0.3) is 0 Å². The molecule has 1 aliphatic heterocycles. The van der Waals surface area contributed by atoms with Crippen LogP contribution in [-0.2, 0) is 23.9 Å². The molecular formula is C13H18BrNO5. The van der Waals surface area contributed by atoms with Gasteiger partial charge in [0.15, 0.2) is 5.92 Å². The second kappa shape index (κ2) is 7.42. The maximum Gasteiger partial charge on any atom is 0.321 e. The molecule has 0 spiro atoms. The fourth-order valence-electron chi connectivity index (χ4n) is 2.14. The van der Waals surface area contributed by atoms with Gasteiger partial charge >= 0.3 is 11.9 Å². The molecular weight excluding hydrogens is 330 g/mol. The molecule has 1 aliphatic rings. The van der Waals surface area contributed by atoms with Gasteiger partial charge in [-0.3, -0.25) is 14.4 Å². The number of ether oxygens (including phenoxy) is 2. The predicted molar refractivity (Wildman–Crippen MR) is 74.9 cm³/mol. The third-order valence-electron chi connectivity index (χ3n) is 3.02. The van der Waals surface area contributed by atoms with Gasteiger partial charge < -0.3 is 14.4 Å². The molecule has 0 bridgehead atoms. The maximum absolute atomic E-state index is 12.2. The van der Waals surface area contributed by atoms with Crippen LogP contribution in [-0.4, -0.2) is 49.6 Å². The molecule has 20 heavy (non-hydrogen) atoms. The van der Waals surface area contributed by atoms with Gasteiger partial charge in [-0.15, -0.1) is 0 Å². The Labute approximate surface area is 126 Å². The Morgan fingerprint density at radius 1 is 1.35 bits per heavy atom. The first-order valence-corrected chi connectivity index (χ1v) is 7.26. The lowest BCUT2D eigenvalue weighted by molar-refractivity contribution is -0.165. The number of rotatable bonds is 5. The summed E-state index contributed by atoms with van der Waals surface area (Å²) < 4.78 is 9.81. The molecule has 112 valence electrons. The number of esters is 2. The van der Waals surface area contributed by atoms with Crippen molar-refractivity contribution in [1.82, 2.24) is 4.90 Å². The van der Waals surface area contributed by atoms with E-state index in [9.17, 15) is 14.4 Å². The molecule has 0 aromatic rings. The second-order valence-electron chi connectivity index (χ2n) is 4.34. The summed E-state index contributed by atoms with van der Waals surface area (Å²) in [6.07, 6.45) is 0. The summed E-state index contributed by atoms with van der Waals surface area (Å²) in [5.41, 5.74) is 0.656. The molecule has 1 atom stereocenters. The van der Waals surface area contributed by atoms with E-state index in [0.717, 1.165) is 0 Å². The van der Waals surface area contributed by atoms with Gasteiger partial charge in [0.05, 0.1) is 19.1 Å². The molecule has 6 nitrogen and oxygen atoms in total. The number of nitrogens with zero attached hydrogens (tertiary/aromatic N) is 1. The highest BCUT2D eigenvalue weighted by Crippen LogP contribution is 2.32. The molecule has 1 fully saturated rings. The SMILES string of the molecule is CCOC(=O)C(C(=O)OCC)C1C(=O)N(C)C/C1=C\Br. The molecule has 0 N–H and O–H groups in total. The van der Waals surface area contributed by atoms with Crippen molar-refractivity contribution in [3.63, 3.8) is 0 Å². The van der Waals surface area contributed by atoms with Gasteiger partial charge in [0, 0.05) is 13.6 Å². The Morgan fingerprint density at radius 2 is 1.85 bits per heavy atom. The molecule has 0 aromatic heterocycles. The summed E-state index contributed by atoms with van der Waals surface area (Å²) in [7, 11) is 1.62. The van der Waals surface area contributed by atoms with Crippen LogP contribution in [0, 0.1) is 11.8 Å². The van der Waals surface area contributed by atoms with Gasteiger partial charge in [0.1, 0.15) is 0 Å². The van der Waals surface area contributed by atoms with Crippen LogP contribution in [0.15, 0.2) is 10.6 Å². The topological polar surface area (TPSA) is 72.9 Å². The van der Waals surface area contributed by atoms with Crippen molar-refractivity contribution in [2.24, 2.45) is 11.8 Å². The molecule has 1 amide bonds. The van der Waals surface area contributed by atoms with Gasteiger partial charge in [0.25, 0.3) is 0 Å². The van der Waals surface area contributed by atoms with Crippen LogP contribution in [0.4, 0.5) is 0 Å². The van der Waals surface area contributed by atoms with E-state index in [1.807, 2.05) is 0 Å². The quantitative estimate of drug-likeness (QED) is 0.550. The van der Waals surface area contributed by atoms with Crippen LogP contribution < -0.4 is 0 Å². The minimum Gasteiger partial charge on any atom is -0.465 e. The summed E-state index contributed by atoms with van der Waals surface area (Å²) in [5.74, 6) is -3.87. The number of amides is 1. The van der Waals surface area contributed by atoms with Gasteiger partial charge in [0.2, 0.25) is 5.91 Å². The number of carbonyl (C=O) groups excluding carboxylic acids is 3. The monoisotopic (exact) mass is 347 g/mol. The van der Waals surface area contributed by atoms with Crippen LogP contribution in [0.1, 0.15) is 13.8 Å². The number of hydrogen-bond acceptors (Lipinski definition) is 5. The summed E-state index contributed by atoms with van der Waals surface area (Å²) in [5, 5.41) is 0. The molecule has 1 rings (SSSR count). The van der Waals surface area contributed by atoms with E-state index in [1.54, 1.807) is 25.9 Å². The number of likely N-dealkylation sites (tertiary alicyclic amines) is 1. The molecule has 0 radical (unpaired) electrons. The van der Waals surface area contributed by atoms with Crippen molar-refractivity contribution in [2.75, 3.05) is 26.8 Å². The highest BCUT2D eigenvalue weighted by molar-refractivity contribution is 9.11. The van der Waals surface area contributed by atoms with Crippen LogP contribution >= 0.6 is 15.9 Å². The van der Waals surface area contributed by atoms with Crippen LogP contribution in [0.5, 0.6) is 0 Å². The molecule has 7 heteroatoms. The number of carbonyl (C=O) groups is 3. The number of halogens is 1. The highest BCUT2D eigenvalue weighted by Gasteiger charge is 2.48. The standard InChI is InChI=1S/C13H18BrNO5/c1-4-19-12(17)10(13(18)20-5-2)9-8(6-14)7-15(3)11(9)16/h6,9-10H,4-5,7H2,1-3H3/b8-6+. The Balaban J connectivity index is 3.12. The molecule has 1 unspecified atom stereocenters. The van der Waals surface area contributed by atoms with Gasteiger partial charge in [-0.25, -0.2) is 0 Å². The summed E-state index contributed by atoms with van der Waals surface area (Å²) in [6.45, 7) is 3.93. The zero-order chi connectivity index (χ0) is 15.3. The fraction of sp³-hybridized carbons (Fsp3) is 0.615. The zero-order valence-electron chi connectivity index (χ0n) is 11.7. The Bertz CT molecular complexity index is 416. The first-order valence-electron chi connectivity index (χ1n) is 6.35. The minimum atomic E-state index is -1.25. The lowest BCUT2D eigenvalue weighted by Gasteiger charge is -2.19. The van der Waals surface area contributed by atoms with E-state index in [4.69, 9.17) is 9.47 Å². The van der Waals surface area contributed by atoms with Gasteiger partial charge in [-0.1, -0.05) is 15.9 Å². The molecule has 1 saturated heterocycles. The van der Waals surface area contributed by atoms with Crippen molar-refractivity contribution in [2.45, 2.75) is 13.8 Å². The van der Waals surface area contributed by atoms with Crippen molar-refractivity contribution in [3.8, 4) is 0 Å². The van der Waals surface area contributed by atoms with E-state index in [2.05, 4.69) is 15.9 Å². The average molecular weight is 348 g/mol. The van der Waals surface area contributed by atoms with Crippen molar-refractivity contribution >= 4 is 33.8 Å². The Morgan fingerprint density at radius 3 is 2.25 bits per heavy atom. The third kappa shape index (κ3) is 3.39. The van der Waals surface area contributed by atoms with E-state index < -0.39 is 23.8 Å². The van der Waals surface area contributed by atoms with Gasteiger partial charge in [-0.05, 0) is 24.4 Å². The van der Waals surface area contributed by atoms with E-state index in [1.165, 1.54) is 4.90 Å². The first kappa shape index (κ1) is 16.7. The van der Waals surface area contributed by atoms with E-state index in [0.29, 0.717) is 12.1 Å². The Hall–Kier alpha value is -1.37. The summed E-state index contributed by atoms with van der Waals surface area (Å²) in [4.78, 5) is 39.3. The number of hydrogen-bond donors (Lipinski definition) is 0. The Kier molecular flexibility index (Phi) is 6.19. The van der Waals surface area contributed by atoms with E-state index in [-0.39, 0.29) is 19.1 Å². The smallest absolute Gasteiger partial charge is 0.321 e. The maximum atomic E-state index is 12.2. The predicted octanol–water partition coefficient (Wildman–Crippen LogP) is 1.10. The first-order chi connectivity index (χ1) is 9.47. The van der Waals surface area contributed by atoms with Crippen LogP contribution in [0.3, 0.4) is 0 Å². The highest BCUT2D eigenvalue weighted by atomic mass is 79.9. The van der Waals surface area contributed by atoms with Crippen molar-refractivity contribution in [3.05, 3.63) is 10.6 Å². The van der Waals surface area contributed by atoms with Crippen molar-refractivity contribution in [1.29, 1.82) is 0 Å². The molecule has 0 saturated carbocycles. The zero-order valence-corrected chi connectivity index (χ0v) is 13.3. The average Bonchev–Trinajstić information content (AvgIpc) is 2.68. The second-order valence-corrected chi connectivity index (χ2v) is 4.80. The van der Waals surface area contributed by atoms with E-state index >= 15 is 0 Å². The normalized spacial score (nSPS) is 20.6. The summed E-state index contributed by atoms with van der Waals surface area (Å²) >= 11 is 3.17. The van der Waals surface area contributed by atoms with Crippen LogP contribution in [0.2, 0.25) is 0 Å². The summed E-state index contributed by atoms with van der Waals surface area (Å²) in [6, 6.07) is 0. The fourth-order valence-corrected chi connectivity index (χ4v) is 2.57. The molecule has 0 aromatic carbocycles. The number of likely N-dealkylation sites (N-methyl/N-ethyl adjacent to an activating group) is 1.